The van der Waals surface area contributed by atoms with Crippen LogP contribution in [0.5, 0.6) is 0 Å². The Balaban J connectivity index is 1.69. The largest absolute Gasteiger partial charge is 0.477 e. The number of hydrogen-bond acceptors (Lipinski definition) is 7. The minimum absolute atomic E-state index is 0.152. The van der Waals surface area contributed by atoms with Crippen LogP contribution in [0.4, 0.5) is 16.2 Å². The van der Waals surface area contributed by atoms with Gasteiger partial charge < -0.3 is 20.9 Å². The zero-order valence-electron chi connectivity index (χ0n) is 19.0. The molecule has 2 aliphatic rings. The molecule has 186 valence electrons. The van der Waals surface area contributed by atoms with Crippen molar-refractivity contribution in [3.8, 4) is 0 Å². The molecule has 0 bridgehead atoms. The van der Waals surface area contributed by atoms with E-state index in [4.69, 9.17) is 10.5 Å². The van der Waals surface area contributed by atoms with Gasteiger partial charge in [-0.25, -0.2) is 9.59 Å². The molecule has 11 nitrogen and oxygen atoms in total. The average Bonchev–Trinajstić information content (AvgIpc) is 2.86. The van der Waals surface area contributed by atoms with Crippen molar-refractivity contribution in [3.63, 3.8) is 0 Å². The number of nitrogens with zero attached hydrogens (tertiary/aromatic N) is 2. The molecule has 12 heteroatoms. The number of aliphatic carboxylic acids is 1. The number of carbonyl (C=O) groups is 5. The van der Waals surface area contributed by atoms with Crippen molar-refractivity contribution in [2.75, 3.05) is 16.0 Å². The molecule has 2 unspecified atom stereocenters. The van der Waals surface area contributed by atoms with Gasteiger partial charge in [0.25, 0.3) is 18.3 Å². The first-order valence-corrected chi connectivity index (χ1v) is 11.8. The number of β-lactam (4-membered cyclic amide) rings is 1. The number of carboxylic acid groups (broad SMARTS) is 1. The van der Waals surface area contributed by atoms with E-state index in [1.54, 1.807) is 49.4 Å². The maximum absolute atomic E-state index is 13.2. The van der Waals surface area contributed by atoms with Crippen LogP contribution >= 0.6 is 11.8 Å². The number of rotatable bonds is 8. The number of para-hydroxylation sites is 1. The maximum atomic E-state index is 13.2. The second kappa shape index (κ2) is 10.1. The first kappa shape index (κ1) is 24.8. The third-order valence-electron chi connectivity index (χ3n) is 5.84. The number of nitrogens with two attached hydrogens (primary N) is 1. The quantitative estimate of drug-likeness (QED) is 0.359. The number of aryl methyl sites for hydroxylation is 1. The third kappa shape index (κ3) is 4.38. The van der Waals surface area contributed by atoms with Gasteiger partial charge in [0, 0.05) is 11.3 Å². The zero-order chi connectivity index (χ0) is 26.0. The molecule has 3 atom stereocenters. The highest BCUT2D eigenvalue weighted by Gasteiger charge is 2.56. The molecule has 36 heavy (non-hydrogen) atoms. The van der Waals surface area contributed by atoms with Gasteiger partial charge >= 0.3 is 12.0 Å². The van der Waals surface area contributed by atoms with E-state index in [0.29, 0.717) is 16.9 Å². The Labute approximate surface area is 209 Å². The summed E-state index contributed by atoms with van der Waals surface area (Å²) in [6.45, 7) is 1.85. The number of fused-ring (bicyclic) bond motifs is 1. The monoisotopic (exact) mass is 510 g/mol. The molecule has 4 rings (SSSR count). The number of ether oxygens (including phenoxy) is 1. The first-order valence-electron chi connectivity index (χ1n) is 10.8. The molecule has 0 spiro atoms. The number of urea groups is 1. The van der Waals surface area contributed by atoms with E-state index in [9.17, 15) is 29.1 Å². The lowest BCUT2D eigenvalue weighted by atomic mass is 10.0. The lowest BCUT2D eigenvalue weighted by Crippen LogP contribution is -2.72. The van der Waals surface area contributed by atoms with Gasteiger partial charge in [0.2, 0.25) is 6.10 Å². The van der Waals surface area contributed by atoms with Gasteiger partial charge in [0.05, 0.1) is 11.4 Å². The fourth-order valence-corrected chi connectivity index (χ4v) is 5.45. The van der Waals surface area contributed by atoms with Crippen LogP contribution in [0.15, 0.2) is 60.3 Å². The molecule has 0 saturated carbocycles. The summed E-state index contributed by atoms with van der Waals surface area (Å²) in [5, 5.41) is 11.5. The molecule has 1 fully saturated rings. The number of benzene rings is 2. The Bertz CT molecular complexity index is 1270. The lowest BCUT2D eigenvalue weighted by Gasteiger charge is -2.51. The van der Waals surface area contributed by atoms with Crippen LogP contribution in [-0.2, 0) is 23.9 Å². The topological polar surface area (TPSA) is 159 Å². The van der Waals surface area contributed by atoms with Crippen LogP contribution in [-0.4, -0.2) is 57.5 Å². The summed E-state index contributed by atoms with van der Waals surface area (Å²) in [5.74, 6) is -2.20. The lowest BCUT2D eigenvalue weighted by molar-refractivity contribution is -0.147. The first-order chi connectivity index (χ1) is 17.3. The highest BCUT2D eigenvalue weighted by Crippen LogP contribution is 2.43. The highest BCUT2D eigenvalue weighted by atomic mass is 32.2. The van der Waals surface area contributed by atoms with Crippen LogP contribution in [0.2, 0.25) is 0 Å². The smallest absolute Gasteiger partial charge is 0.352 e. The van der Waals surface area contributed by atoms with Crippen LogP contribution < -0.4 is 16.0 Å². The summed E-state index contributed by atoms with van der Waals surface area (Å²) in [6, 6.07) is 11.2. The van der Waals surface area contributed by atoms with E-state index < -0.39 is 41.3 Å². The molecule has 4 N–H and O–H groups in total. The van der Waals surface area contributed by atoms with E-state index >= 15 is 0 Å². The summed E-state index contributed by atoms with van der Waals surface area (Å²) < 4.78 is 5.03. The number of thioether (sulfide) groups is 1. The van der Waals surface area contributed by atoms with Gasteiger partial charge in [0.1, 0.15) is 17.1 Å². The molecule has 2 aromatic carbocycles. The second-order valence-electron chi connectivity index (χ2n) is 7.96. The Morgan fingerprint density at radius 3 is 2.58 bits per heavy atom. The van der Waals surface area contributed by atoms with E-state index in [1.807, 2.05) is 0 Å². The SMILES string of the molecule is Cc1cccc(N(C(N)=O)C2C(=O)N3C(C(=O)O)=CCS[C@H]23)c1NC(=O)C(OC=O)c1ccccc1. The minimum Gasteiger partial charge on any atom is -0.477 e. The Morgan fingerprint density at radius 1 is 1.22 bits per heavy atom. The third-order valence-corrected chi connectivity index (χ3v) is 7.01. The normalized spacial score (nSPS) is 19.2. The van der Waals surface area contributed by atoms with Crippen molar-refractivity contribution in [2.24, 2.45) is 5.73 Å². The van der Waals surface area contributed by atoms with Crippen LogP contribution in [0, 0.1) is 6.92 Å². The fraction of sp³-hybridized carbons (Fsp3) is 0.208. The minimum atomic E-state index is -1.27. The molecular weight excluding hydrogens is 488 g/mol. The molecule has 2 heterocycles. The zero-order valence-corrected chi connectivity index (χ0v) is 19.8. The number of nitrogens with one attached hydrogen (secondary N) is 1. The molecule has 0 aliphatic carbocycles. The Hall–Kier alpha value is -4.32. The van der Waals surface area contributed by atoms with Gasteiger partial charge in [-0.05, 0) is 24.6 Å². The molecule has 2 aliphatic heterocycles. The predicted molar refractivity (Wildman–Crippen MR) is 131 cm³/mol. The molecule has 4 amide bonds. The van der Waals surface area contributed by atoms with Crippen LogP contribution in [0.3, 0.4) is 0 Å². The molecule has 1 saturated heterocycles. The van der Waals surface area contributed by atoms with Crippen LogP contribution in [0.25, 0.3) is 0 Å². The highest BCUT2D eigenvalue weighted by molar-refractivity contribution is 8.00. The molecule has 0 aromatic heterocycles. The van der Waals surface area contributed by atoms with Gasteiger partial charge in [-0.15, -0.1) is 11.8 Å². The Morgan fingerprint density at radius 2 is 1.94 bits per heavy atom. The molecular formula is C24H22N4O7S. The maximum Gasteiger partial charge on any atom is 0.352 e. The van der Waals surface area contributed by atoms with E-state index in [2.05, 4.69) is 5.32 Å². The number of carbonyl (C=O) groups excluding carboxylic acids is 4. The van der Waals surface area contributed by atoms with Gasteiger partial charge in [0.15, 0.2) is 0 Å². The fourth-order valence-electron chi connectivity index (χ4n) is 4.21. The predicted octanol–water partition coefficient (Wildman–Crippen LogP) is 1.99. The summed E-state index contributed by atoms with van der Waals surface area (Å²) >= 11 is 1.29. The number of carboxylic acids is 1. The van der Waals surface area contributed by atoms with Crippen molar-refractivity contribution in [2.45, 2.75) is 24.4 Å². The summed E-state index contributed by atoms with van der Waals surface area (Å²) in [5.41, 5.74) is 6.87. The van der Waals surface area contributed by atoms with E-state index in [1.165, 1.54) is 23.9 Å². The van der Waals surface area contributed by atoms with E-state index in [0.717, 1.165) is 9.80 Å². The number of hydrogen-bond donors (Lipinski definition) is 3. The van der Waals surface area contributed by atoms with Crippen molar-refractivity contribution >= 4 is 53.4 Å². The standard InChI is InChI=1S/C24H22N4O7S/c1-13-6-5-9-15(17(13)26-20(30)19(35-12-29)14-7-3-2-4-8-14)27(24(25)34)18-21(31)28-16(23(32)33)10-11-36-22(18)28/h2-10,12,18-19,22H,11H2,1H3,(H2,25,34)(H,26,30)(H,32,33)/t18?,19?,22-/m1/s1. The van der Waals surface area contributed by atoms with Crippen LogP contribution in [0.1, 0.15) is 17.2 Å². The molecule has 2 aromatic rings. The van der Waals surface area contributed by atoms with Gasteiger partial charge in [-0.2, -0.15) is 0 Å². The summed E-state index contributed by atoms with van der Waals surface area (Å²) in [6.07, 6.45) is 0.164. The molecule has 0 radical (unpaired) electrons. The average molecular weight is 511 g/mol. The second-order valence-corrected chi connectivity index (χ2v) is 9.11. The van der Waals surface area contributed by atoms with E-state index in [-0.39, 0.29) is 23.5 Å². The van der Waals surface area contributed by atoms with Gasteiger partial charge in [-0.1, -0.05) is 42.5 Å². The number of anilines is 2. The van der Waals surface area contributed by atoms with Crippen molar-refractivity contribution in [1.82, 2.24) is 4.90 Å². The summed E-state index contributed by atoms with van der Waals surface area (Å²) in [7, 11) is 0. The summed E-state index contributed by atoms with van der Waals surface area (Å²) in [4.78, 5) is 63.7. The number of amides is 4. The Kier molecular flexibility index (Phi) is 6.97. The van der Waals surface area contributed by atoms with Crippen molar-refractivity contribution in [3.05, 3.63) is 71.4 Å². The number of primary amides is 1. The van der Waals surface area contributed by atoms with Gasteiger partial charge in [-0.3, -0.25) is 24.2 Å². The van der Waals surface area contributed by atoms with Crippen molar-refractivity contribution < 1.29 is 33.8 Å². The van der Waals surface area contributed by atoms with Crippen molar-refractivity contribution in [1.29, 1.82) is 0 Å².